The van der Waals surface area contributed by atoms with Crippen molar-refractivity contribution >= 4 is 17.5 Å². The first-order valence-corrected chi connectivity index (χ1v) is 7.65. The number of imide groups is 1. The number of fused-ring (bicyclic) bond motifs is 1. The van der Waals surface area contributed by atoms with Crippen LogP contribution in [0.1, 0.15) is 44.4 Å². The molecule has 0 spiro atoms. The predicted octanol–water partition coefficient (Wildman–Crippen LogP) is 1.66. The van der Waals surface area contributed by atoms with Gasteiger partial charge in [0.15, 0.2) is 0 Å². The summed E-state index contributed by atoms with van der Waals surface area (Å²) >= 11 is 0. The molecule has 2 aromatic rings. The third-order valence-electron chi connectivity index (χ3n) is 4.56. The number of amides is 2. The summed E-state index contributed by atoms with van der Waals surface area (Å²) in [5, 5.41) is 2.38. The molecule has 1 aromatic carbocycles. The molecule has 2 aliphatic rings. The number of hydrogen-bond acceptors (Lipinski definition) is 5. The maximum absolute atomic E-state index is 12.1. The van der Waals surface area contributed by atoms with Crippen LogP contribution < -0.4 is 10.2 Å². The minimum Gasteiger partial charge on any atom is -0.368 e. The highest BCUT2D eigenvalue weighted by molar-refractivity contribution is 6.22. The molecule has 1 N–H and O–H groups in total. The fraction of sp³-hybridized carbons (Fsp3) is 0.294. The molecular weight excluding hydrogens is 292 g/mol. The lowest BCUT2D eigenvalue weighted by molar-refractivity contribution is 0.0879. The molecule has 4 rings (SSSR count). The number of carbonyl (C=O) groups excluding carboxylic acids is 2. The third kappa shape index (κ3) is 2.27. The van der Waals surface area contributed by atoms with Gasteiger partial charge in [0, 0.05) is 19.0 Å². The smallest absolute Gasteiger partial charge is 0.259 e. The third-order valence-corrected chi connectivity index (χ3v) is 4.56. The molecule has 1 atom stereocenters. The Balaban J connectivity index is 1.63. The van der Waals surface area contributed by atoms with Gasteiger partial charge in [0.25, 0.3) is 11.8 Å². The van der Waals surface area contributed by atoms with Crippen molar-refractivity contribution in [2.45, 2.75) is 19.3 Å². The zero-order valence-electron chi connectivity index (χ0n) is 12.7. The number of aromatic nitrogens is 2. The van der Waals surface area contributed by atoms with E-state index in [0.717, 1.165) is 36.6 Å². The second kappa shape index (κ2) is 5.15. The van der Waals surface area contributed by atoms with Crippen molar-refractivity contribution in [3.05, 3.63) is 53.1 Å². The maximum atomic E-state index is 12.1. The number of nitrogens with one attached hydrogen (secondary N) is 1. The van der Waals surface area contributed by atoms with Crippen molar-refractivity contribution in [3.63, 3.8) is 0 Å². The van der Waals surface area contributed by atoms with Crippen molar-refractivity contribution in [1.82, 2.24) is 15.3 Å². The molecule has 6 nitrogen and oxygen atoms in total. The Kier molecular flexibility index (Phi) is 3.11. The minimum atomic E-state index is -0.298. The van der Waals surface area contributed by atoms with Crippen LogP contribution >= 0.6 is 0 Å². The lowest BCUT2D eigenvalue weighted by atomic mass is 9.91. The Morgan fingerprint density at radius 2 is 1.96 bits per heavy atom. The Morgan fingerprint density at radius 1 is 1.17 bits per heavy atom. The lowest BCUT2D eigenvalue weighted by Crippen LogP contribution is -2.21. The molecule has 1 unspecified atom stereocenters. The molecule has 1 saturated heterocycles. The first kappa shape index (κ1) is 13.9. The number of rotatable bonds is 2. The average Bonchev–Trinajstić information content (AvgIpc) is 3.14. The van der Waals surface area contributed by atoms with E-state index >= 15 is 0 Å². The molecule has 0 radical (unpaired) electrons. The zero-order valence-corrected chi connectivity index (χ0v) is 12.7. The largest absolute Gasteiger partial charge is 0.368 e. The summed E-state index contributed by atoms with van der Waals surface area (Å²) in [5.41, 5.74) is 2.99. The van der Waals surface area contributed by atoms with Crippen LogP contribution in [0.25, 0.3) is 0 Å². The minimum absolute atomic E-state index is 0.225. The van der Waals surface area contributed by atoms with Gasteiger partial charge in [-0.15, -0.1) is 0 Å². The van der Waals surface area contributed by atoms with Gasteiger partial charge in [0.1, 0.15) is 5.82 Å². The van der Waals surface area contributed by atoms with Gasteiger partial charge in [-0.1, -0.05) is 12.1 Å². The van der Waals surface area contributed by atoms with Crippen LogP contribution in [0.5, 0.6) is 0 Å². The highest BCUT2D eigenvalue weighted by atomic mass is 16.2. The van der Waals surface area contributed by atoms with Crippen LogP contribution in [-0.4, -0.2) is 34.9 Å². The van der Waals surface area contributed by atoms with Gasteiger partial charge in [0.05, 0.1) is 29.2 Å². The van der Waals surface area contributed by atoms with Crippen molar-refractivity contribution < 1.29 is 9.59 Å². The van der Waals surface area contributed by atoms with Gasteiger partial charge in [-0.3, -0.25) is 14.9 Å². The standard InChI is InChI=1S/C17H16N4O2/c1-10-18-7-12(8-19-10)21-6-5-11(9-21)13-3-2-4-14-15(13)17(23)20-16(14)22/h2-4,7-8,11H,5-6,9H2,1H3,(H,20,22,23). The summed E-state index contributed by atoms with van der Waals surface area (Å²) < 4.78 is 0. The van der Waals surface area contributed by atoms with Crippen molar-refractivity contribution in [2.24, 2.45) is 0 Å². The van der Waals surface area contributed by atoms with E-state index in [-0.39, 0.29) is 17.7 Å². The summed E-state index contributed by atoms with van der Waals surface area (Å²) in [6.07, 6.45) is 4.60. The van der Waals surface area contributed by atoms with Crippen molar-refractivity contribution in [3.8, 4) is 0 Å². The topological polar surface area (TPSA) is 75.2 Å². The number of hydrogen-bond donors (Lipinski definition) is 1. The first-order valence-electron chi connectivity index (χ1n) is 7.65. The zero-order chi connectivity index (χ0) is 16.0. The van der Waals surface area contributed by atoms with Crippen LogP contribution in [0.4, 0.5) is 5.69 Å². The molecule has 23 heavy (non-hydrogen) atoms. The molecule has 1 fully saturated rings. The highest BCUT2D eigenvalue weighted by Gasteiger charge is 2.34. The Labute approximate surface area is 133 Å². The second-order valence-electron chi connectivity index (χ2n) is 5.97. The highest BCUT2D eigenvalue weighted by Crippen LogP contribution is 2.34. The number of anilines is 1. The monoisotopic (exact) mass is 308 g/mol. The van der Waals surface area contributed by atoms with Crippen LogP contribution in [0.2, 0.25) is 0 Å². The van der Waals surface area contributed by atoms with Gasteiger partial charge in [0.2, 0.25) is 0 Å². The normalized spacial score (nSPS) is 19.9. The Hall–Kier alpha value is -2.76. The van der Waals surface area contributed by atoms with Crippen molar-refractivity contribution in [1.29, 1.82) is 0 Å². The van der Waals surface area contributed by atoms with E-state index in [9.17, 15) is 9.59 Å². The predicted molar refractivity (Wildman–Crippen MR) is 84.6 cm³/mol. The average molecular weight is 308 g/mol. The van der Waals surface area contributed by atoms with E-state index in [0.29, 0.717) is 11.1 Å². The summed E-state index contributed by atoms with van der Waals surface area (Å²) in [5.74, 6) is 0.398. The molecule has 0 bridgehead atoms. The Bertz CT molecular complexity index is 801. The van der Waals surface area contributed by atoms with Gasteiger partial charge in [-0.25, -0.2) is 9.97 Å². The summed E-state index contributed by atoms with van der Waals surface area (Å²) in [4.78, 5) is 34.6. The van der Waals surface area contributed by atoms with Gasteiger partial charge in [-0.05, 0) is 25.0 Å². The molecule has 1 aromatic heterocycles. The molecule has 6 heteroatoms. The van der Waals surface area contributed by atoms with Crippen molar-refractivity contribution in [2.75, 3.05) is 18.0 Å². The van der Waals surface area contributed by atoms with Gasteiger partial charge >= 0.3 is 0 Å². The molecule has 2 aliphatic heterocycles. The number of nitrogens with zero attached hydrogens (tertiary/aromatic N) is 3. The quantitative estimate of drug-likeness (QED) is 0.854. The molecule has 2 amide bonds. The first-order chi connectivity index (χ1) is 11.1. The molecule has 0 saturated carbocycles. The molecule has 0 aliphatic carbocycles. The van der Waals surface area contributed by atoms with E-state index in [4.69, 9.17) is 0 Å². The number of aryl methyl sites for hydroxylation is 1. The van der Waals surface area contributed by atoms with E-state index in [1.807, 2.05) is 31.5 Å². The fourth-order valence-corrected chi connectivity index (χ4v) is 3.38. The van der Waals surface area contributed by atoms with Gasteiger partial charge in [-0.2, -0.15) is 0 Å². The van der Waals surface area contributed by atoms with E-state index in [1.54, 1.807) is 6.07 Å². The summed E-state index contributed by atoms with van der Waals surface area (Å²) in [7, 11) is 0. The number of carbonyl (C=O) groups is 2. The maximum Gasteiger partial charge on any atom is 0.259 e. The SMILES string of the molecule is Cc1ncc(N2CCC(c3cccc4c3C(=O)NC4=O)C2)cn1. The summed E-state index contributed by atoms with van der Waals surface area (Å²) in [6, 6.07) is 5.51. The molecule has 3 heterocycles. The van der Waals surface area contributed by atoms with Crippen LogP contribution in [0, 0.1) is 6.92 Å². The molecule has 116 valence electrons. The second-order valence-corrected chi connectivity index (χ2v) is 5.97. The number of benzene rings is 1. The van der Waals surface area contributed by atoms with E-state index < -0.39 is 0 Å². The Morgan fingerprint density at radius 3 is 2.74 bits per heavy atom. The van der Waals surface area contributed by atoms with E-state index in [2.05, 4.69) is 20.2 Å². The fourth-order valence-electron chi connectivity index (χ4n) is 3.38. The lowest BCUT2D eigenvalue weighted by Gasteiger charge is -2.18. The summed E-state index contributed by atoms with van der Waals surface area (Å²) in [6.45, 7) is 3.54. The van der Waals surface area contributed by atoms with Crippen LogP contribution in [0.3, 0.4) is 0 Å². The van der Waals surface area contributed by atoms with Gasteiger partial charge < -0.3 is 4.90 Å². The molecular formula is C17H16N4O2. The van der Waals surface area contributed by atoms with Crippen LogP contribution in [-0.2, 0) is 0 Å². The van der Waals surface area contributed by atoms with Crippen LogP contribution in [0.15, 0.2) is 30.6 Å². The van der Waals surface area contributed by atoms with E-state index in [1.165, 1.54) is 0 Å².